The molecule has 0 spiro atoms. The van der Waals surface area contributed by atoms with E-state index in [4.69, 9.17) is 5.26 Å². The smallest absolute Gasteiger partial charge is 0.0988 e. The highest BCUT2D eigenvalue weighted by Gasteiger charge is 2.20. The van der Waals surface area contributed by atoms with Gasteiger partial charge in [-0.15, -0.1) is 12.8 Å². The van der Waals surface area contributed by atoms with Gasteiger partial charge in [-0.2, -0.15) is 5.26 Å². The molecule has 0 aromatic carbocycles. The van der Waals surface area contributed by atoms with E-state index < -0.39 is 0 Å². The number of terminal acetylenes is 1. The average molecular weight is 239 g/mol. The van der Waals surface area contributed by atoms with Gasteiger partial charge in [0.2, 0.25) is 0 Å². The molecule has 0 heterocycles. The molecule has 0 bridgehead atoms. The van der Waals surface area contributed by atoms with Gasteiger partial charge in [-0.1, -0.05) is 30.7 Å². The minimum Gasteiger partial charge on any atom is -0.192 e. The van der Waals surface area contributed by atoms with E-state index in [2.05, 4.69) is 37.6 Å². The van der Waals surface area contributed by atoms with Gasteiger partial charge in [0, 0.05) is 5.57 Å². The van der Waals surface area contributed by atoms with Gasteiger partial charge in [0.15, 0.2) is 0 Å². The van der Waals surface area contributed by atoms with Crippen molar-refractivity contribution in [1.29, 1.82) is 5.26 Å². The van der Waals surface area contributed by atoms with Crippen LogP contribution in [0.15, 0.2) is 36.0 Å². The molecule has 2 aliphatic carbocycles. The van der Waals surface area contributed by atoms with Crippen LogP contribution in [0, 0.1) is 36.0 Å². The predicted molar refractivity (Wildman–Crippen MR) is 76.5 cm³/mol. The van der Waals surface area contributed by atoms with Gasteiger partial charge in [0.1, 0.15) is 0 Å². The maximum Gasteiger partial charge on any atom is 0.0988 e. The first kappa shape index (κ1) is 14.3. The molecule has 0 aliphatic heterocycles. The lowest BCUT2D eigenvalue weighted by Gasteiger charge is -2.27. The number of nitrogens with zero attached hydrogens (tertiary/aromatic N) is 1. The Hall–Kier alpha value is -1.73. The van der Waals surface area contributed by atoms with Crippen molar-refractivity contribution >= 4 is 0 Å². The van der Waals surface area contributed by atoms with E-state index in [-0.39, 0.29) is 0 Å². The maximum atomic E-state index is 8.76. The Bertz CT molecular complexity index is 403. The van der Waals surface area contributed by atoms with Crippen molar-refractivity contribution < 1.29 is 0 Å². The second-order valence-corrected chi connectivity index (χ2v) is 4.96. The summed E-state index contributed by atoms with van der Waals surface area (Å²) < 4.78 is 0. The van der Waals surface area contributed by atoms with Crippen LogP contribution in [0.5, 0.6) is 0 Å². The fraction of sp³-hybridized carbons (Fsp3) is 0.471. The maximum absolute atomic E-state index is 8.76. The summed E-state index contributed by atoms with van der Waals surface area (Å²) in [5.41, 5.74) is 2.27. The van der Waals surface area contributed by atoms with Crippen LogP contribution in [0.4, 0.5) is 0 Å². The molecule has 1 saturated carbocycles. The van der Waals surface area contributed by atoms with Crippen molar-refractivity contribution in [1.82, 2.24) is 0 Å². The summed E-state index contributed by atoms with van der Waals surface area (Å²) in [7, 11) is 0. The largest absolute Gasteiger partial charge is 0.192 e. The SMILES string of the molecule is C#C.C=C1CCCCC1CC1C=CC(C#N)=CC1. The zero-order chi connectivity index (χ0) is 13.4. The molecule has 0 aromatic heterocycles. The molecule has 0 amide bonds. The van der Waals surface area contributed by atoms with Crippen LogP contribution >= 0.6 is 0 Å². The molecule has 1 nitrogen and oxygen atoms in total. The fourth-order valence-corrected chi connectivity index (χ4v) is 2.72. The Morgan fingerprint density at radius 2 is 2.17 bits per heavy atom. The Morgan fingerprint density at radius 3 is 2.72 bits per heavy atom. The molecule has 0 N–H and O–H groups in total. The number of rotatable bonds is 2. The molecular weight excluding hydrogens is 218 g/mol. The Labute approximate surface area is 111 Å². The summed E-state index contributed by atoms with van der Waals surface area (Å²) in [5, 5.41) is 8.76. The van der Waals surface area contributed by atoms with Crippen LogP contribution in [0.3, 0.4) is 0 Å². The number of hydrogen-bond donors (Lipinski definition) is 0. The summed E-state index contributed by atoms with van der Waals surface area (Å²) in [6, 6.07) is 2.19. The highest BCUT2D eigenvalue weighted by molar-refractivity contribution is 5.35. The normalized spacial score (nSPS) is 26.5. The van der Waals surface area contributed by atoms with E-state index in [1.54, 1.807) is 0 Å². The van der Waals surface area contributed by atoms with Crippen LogP contribution in [0.25, 0.3) is 0 Å². The van der Waals surface area contributed by atoms with E-state index in [1.165, 1.54) is 37.7 Å². The minimum atomic E-state index is 0.622. The highest BCUT2D eigenvalue weighted by atomic mass is 14.3. The van der Waals surface area contributed by atoms with E-state index in [0.717, 1.165) is 17.9 Å². The Kier molecular flexibility index (Phi) is 6.03. The molecule has 0 aromatic rings. The Morgan fingerprint density at radius 1 is 1.39 bits per heavy atom. The number of hydrogen-bond acceptors (Lipinski definition) is 1. The first-order valence-corrected chi connectivity index (χ1v) is 6.59. The minimum absolute atomic E-state index is 0.622. The molecule has 0 saturated heterocycles. The van der Waals surface area contributed by atoms with Crippen LogP contribution in [-0.2, 0) is 0 Å². The van der Waals surface area contributed by atoms with Gasteiger partial charge in [0.25, 0.3) is 0 Å². The zero-order valence-electron chi connectivity index (χ0n) is 10.9. The van der Waals surface area contributed by atoms with Gasteiger partial charge in [-0.25, -0.2) is 0 Å². The van der Waals surface area contributed by atoms with Crippen LogP contribution in [-0.4, -0.2) is 0 Å². The summed E-state index contributed by atoms with van der Waals surface area (Å²) in [5.74, 6) is 1.34. The molecule has 2 unspecified atom stereocenters. The topological polar surface area (TPSA) is 23.8 Å². The molecule has 1 heteroatoms. The fourth-order valence-electron chi connectivity index (χ4n) is 2.72. The van der Waals surface area contributed by atoms with E-state index >= 15 is 0 Å². The van der Waals surface area contributed by atoms with E-state index in [0.29, 0.717) is 5.92 Å². The lowest BCUT2D eigenvalue weighted by atomic mass is 9.78. The second-order valence-electron chi connectivity index (χ2n) is 4.96. The summed E-state index contributed by atoms with van der Waals surface area (Å²) in [4.78, 5) is 0. The summed E-state index contributed by atoms with van der Waals surface area (Å²) in [6.07, 6.45) is 21.7. The van der Waals surface area contributed by atoms with Gasteiger partial charge in [-0.3, -0.25) is 0 Å². The zero-order valence-corrected chi connectivity index (χ0v) is 10.9. The van der Waals surface area contributed by atoms with Gasteiger partial charge in [-0.05, 0) is 50.0 Å². The summed E-state index contributed by atoms with van der Waals surface area (Å²) >= 11 is 0. The van der Waals surface area contributed by atoms with Crippen molar-refractivity contribution in [2.45, 2.75) is 38.5 Å². The van der Waals surface area contributed by atoms with Gasteiger partial charge >= 0.3 is 0 Å². The first-order valence-electron chi connectivity index (χ1n) is 6.59. The molecule has 94 valence electrons. The monoisotopic (exact) mass is 239 g/mol. The van der Waals surface area contributed by atoms with Crippen molar-refractivity contribution in [3.05, 3.63) is 36.0 Å². The number of nitriles is 1. The third kappa shape index (κ3) is 3.94. The van der Waals surface area contributed by atoms with Gasteiger partial charge in [0.05, 0.1) is 6.07 Å². The Balaban J connectivity index is 0.000000771. The van der Waals surface area contributed by atoms with Crippen molar-refractivity contribution in [2.24, 2.45) is 11.8 Å². The highest BCUT2D eigenvalue weighted by Crippen LogP contribution is 2.34. The lowest BCUT2D eigenvalue weighted by Crippen LogP contribution is -2.14. The molecular formula is C17H21N. The first-order chi connectivity index (χ1) is 8.79. The van der Waals surface area contributed by atoms with Gasteiger partial charge < -0.3 is 0 Å². The standard InChI is InChI=1S/C15H19N.C2H2/c1-12-4-2-3-5-15(12)10-13-6-8-14(11-16)9-7-13;1-2/h6,8-9,13,15H,1-5,7,10H2;1-2H. The number of allylic oxidation sites excluding steroid dienone is 5. The molecule has 2 atom stereocenters. The van der Waals surface area contributed by atoms with Crippen LogP contribution < -0.4 is 0 Å². The third-order valence-corrected chi connectivity index (χ3v) is 3.78. The second kappa shape index (κ2) is 7.57. The predicted octanol–water partition coefficient (Wildman–Crippen LogP) is 4.40. The van der Waals surface area contributed by atoms with Crippen LogP contribution in [0.2, 0.25) is 0 Å². The lowest BCUT2D eigenvalue weighted by molar-refractivity contribution is 0.385. The summed E-state index contributed by atoms with van der Waals surface area (Å²) in [6.45, 7) is 4.20. The van der Waals surface area contributed by atoms with E-state index in [1.807, 2.05) is 6.08 Å². The van der Waals surface area contributed by atoms with Crippen LogP contribution in [0.1, 0.15) is 38.5 Å². The average Bonchev–Trinajstić information content (AvgIpc) is 2.44. The molecule has 0 radical (unpaired) electrons. The van der Waals surface area contributed by atoms with Crippen molar-refractivity contribution in [3.8, 4) is 18.9 Å². The van der Waals surface area contributed by atoms with E-state index in [9.17, 15) is 0 Å². The molecule has 2 rings (SSSR count). The quantitative estimate of drug-likeness (QED) is 0.517. The van der Waals surface area contributed by atoms with Crippen molar-refractivity contribution in [3.63, 3.8) is 0 Å². The molecule has 18 heavy (non-hydrogen) atoms. The molecule has 2 aliphatic rings. The molecule has 1 fully saturated rings. The third-order valence-electron chi connectivity index (χ3n) is 3.78. The van der Waals surface area contributed by atoms with Crippen molar-refractivity contribution in [2.75, 3.05) is 0 Å².